The van der Waals surface area contributed by atoms with Crippen LogP contribution in [-0.2, 0) is 28.2 Å². The maximum atomic E-state index is 13.2. The van der Waals surface area contributed by atoms with Crippen molar-refractivity contribution in [3.63, 3.8) is 0 Å². The largest absolute Gasteiger partial charge is 0.381 e. The zero-order chi connectivity index (χ0) is 20.9. The van der Waals surface area contributed by atoms with E-state index >= 15 is 0 Å². The number of rotatable bonds is 5. The normalized spacial score (nSPS) is 22.0. The molecule has 1 saturated heterocycles. The first-order valence-corrected chi connectivity index (χ1v) is 10.3. The van der Waals surface area contributed by atoms with Gasteiger partial charge >= 0.3 is 0 Å². The molecule has 2 heterocycles. The van der Waals surface area contributed by atoms with Crippen molar-refractivity contribution < 1.29 is 14.4 Å². The van der Waals surface area contributed by atoms with Gasteiger partial charge in [0.1, 0.15) is 6.04 Å². The highest BCUT2D eigenvalue weighted by Gasteiger charge is 2.41. The highest BCUT2D eigenvalue weighted by molar-refractivity contribution is 6.06. The van der Waals surface area contributed by atoms with Crippen LogP contribution in [0, 0.1) is 0 Å². The first-order chi connectivity index (χ1) is 14.4. The Hall–Kier alpha value is -3.19. The zero-order valence-corrected chi connectivity index (χ0v) is 16.6. The van der Waals surface area contributed by atoms with Gasteiger partial charge in [0.15, 0.2) is 0 Å². The molecule has 154 valence electrons. The Bertz CT molecular complexity index is 1060. The Morgan fingerprint density at radius 2 is 1.93 bits per heavy atom. The summed E-state index contributed by atoms with van der Waals surface area (Å²) in [4.78, 5) is 38.5. The Balaban J connectivity index is 1.34. The lowest BCUT2D eigenvalue weighted by molar-refractivity contribution is -0.136. The van der Waals surface area contributed by atoms with E-state index in [9.17, 15) is 14.4 Å². The lowest BCUT2D eigenvalue weighted by Gasteiger charge is -2.29. The molecule has 0 spiro atoms. The van der Waals surface area contributed by atoms with Gasteiger partial charge in [-0.3, -0.25) is 19.7 Å². The quantitative estimate of drug-likeness (QED) is 0.662. The first kappa shape index (κ1) is 18.8. The van der Waals surface area contributed by atoms with E-state index in [1.807, 2.05) is 30.3 Å². The van der Waals surface area contributed by atoms with Crippen LogP contribution in [0.4, 0.5) is 5.69 Å². The van der Waals surface area contributed by atoms with Crippen molar-refractivity contribution in [2.45, 2.75) is 50.4 Å². The molecule has 2 fully saturated rings. The minimum Gasteiger partial charge on any atom is -0.381 e. The average Bonchev–Trinajstić information content (AvgIpc) is 3.40. The fraction of sp³-hybridized carbons (Fsp3) is 0.348. The van der Waals surface area contributed by atoms with Gasteiger partial charge in [-0.25, -0.2) is 0 Å². The van der Waals surface area contributed by atoms with Crippen LogP contribution < -0.4 is 16.4 Å². The third-order valence-electron chi connectivity index (χ3n) is 6.35. The summed E-state index contributed by atoms with van der Waals surface area (Å²) in [6, 6.07) is 13.3. The predicted octanol–water partition coefficient (Wildman–Crippen LogP) is 2.01. The van der Waals surface area contributed by atoms with Crippen LogP contribution in [0.1, 0.15) is 52.7 Å². The fourth-order valence-corrected chi connectivity index (χ4v) is 4.40. The van der Waals surface area contributed by atoms with Gasteiger partial charge in [0, 0.05) is 36.3 Å². The fourth-order valence-electron chi connectivity index (χ4n) is 4.40. The highest BCUT2D eigenvalue weighted by atomic mass is 16.2. The second kappa shape index (κ2) is 6.95. The molecular weight excluding hydrogens is 380 g/mol. The third-order valence-corrected chi connectivity index (χ3v) is 6.35. The van der Waals surface area contributed by atoms with E-state index in [2.05, 4.69) is 22.8 Å². The van der Waals surface area contributed by atoms with E-state index in [1.165, 1.54) is 0 Å². The molecule has 0 aromatic heterocycles. The second-order valence-corrected chi connectivity index (χ2v) is 8.44. The van der Waals surface area contributed by atoms with E-state index in [4.69, 9.17) is 5.73 Å². The molecular formula is C23H24N4O3. The molecule has 7 nitrogen and oxygen atoms in total. The molecule has 1 aliphatic carbocycles. The zero-order valence-electron chi connectivity index (χ0n) is 16.6. The van der Waals surface area contributed by atoms with Gasteiger partial charge in [0.25, 0.3) is 5.91 Å². The van der Waals surface area contributed by atoms with Crippen LogP contribution in [0.25, 0.3) is 0 Å². The summed E-state index contributed by atoms with van der Waals surface area (Å²) in [5.74, 6) is -0.817. The predicted molar refractivity (Wildman–Crippen MR) is 111 cm³/mol. The number of hydrogen-bond acceptors (Lipinski definition) is 5. The number of benzene rings is 2. The molecule has 7 heteroatoms. The molecule has 5 rings (SSSR count). The number of fused-ring (bicyclic) bond motifs is 1. The van der Waals surface area contributed by atoms with E-state index in [0.717, 1.165) is 35.2 Å². The van der Waals surface area contributed by atoms with Crippen LogP contribution in [0.2, 0.25) is 0 Å². The van der Waals surface area contributed by atoms with Gasteiger partial charge in [-0.05, 0) is 48.1 Å². The first-order valence-electron chi connectivity index (χ1n) is 10.3. The molecule has 2 aliphatic heterocycles. The van der Waals surface area contributed by atoms with Crippen LogP contribution in [0.15, 0.2) is 42.5 Å². The molecule has 4 N–H and O–H groups in total. The van der Waals surface area contributed by atoms with Crippen LogP contribution in [0.3, 0.4) is 0 Å². The standard InChI is InChI=1S/C23H24N4O3/c24-23(9-10-23)16-5-2-6-17(11-16)25-12-14-3-1-4-15-13-27(22(30)20(14)15)18-7-8-19(28)26-21(18)29/h1-6,11,18,25H,7-10,12-13,24H2,(H,26,28,29). The number of nitrogens with zero attached hydrogens (tertiary/aromatic N) is 1. The summed E-state index contributed by atoms with van der Waals surface area (Å²) < 4.78 is 0. The lowest BCUT2D eigenvalue weighted by atomic mass is 10.0. The highest BCUT2D eigenvalue weighted by Crippen LogP contribution is 2.43. The van der Waals surface area contributed by atoms with Crippen LogP contribution in [-0.4, -0.2) is 28.7 Å². The molecule has 1 unspecified atom stereocenters. The monoisotopic (exact) mass is 404 g/mol. The summed E-state index contributed by atoms with van der Waals surface area (Å²) in [5, 5.41) is 5.75. The van der Waals surface area contributed by atoms with Crippen LogP contribution in [0.5, 0.6) is 0 Å². The number of nitrogens with one attached hydrogen (secondary N) is 2. The maximum absolute atomic E-state index is 13.2. The summed E-state index contributed by atoms with van der Waals surface area (Å²) in [5.41, 5.74) is 10.7. The topological polar surface area (TPSA) is 105 Å². The van der Waals surface area contributed by atoms with Crippen molar-refractivity contribution in [2.75, 3.05) is 5.32 Å². The van der Waals surface area contributed by atoms with Crippen molar-refractivity contribution in [3.05, 3.63) is 64.7 Å². The van der Waals surface area contributed by atoms with Crippen molar-refractivity contribution >= 4 is 23.4 Å². The van der Waals surface area contributed by atoms with E-state index in [0.29, 0.717) is 25.1 Å². The van der Waals surface area contributed by atoms with Crippen molar-refractivity contribution in [2.24, 2.45) is 5.73 Å². The minimum atomic E-state index is -0.598. The summed E-state index contributed by atoms with van der Waals surface area (Å²) in [6.45, 7) is 0.887. The van der Waals surface area contributed by atoms with Crippen molar-refractivity contribution in [3.8, 4) is 0 Å². The van der Waals surface area contributed by atoms with E-state index in [-0.39, 0.29) is 29.7 Å². The van der Waals surface area contributed by atoms with E-state index in [1.54, 1.807) is 4.90 Å². The second-order valence-electron chi connectivity index (χ2n) is 8.44. The number of imide groups is 1. The smallest absolute Gasteiger partial charge is 0.255 e. The average molecular weight is 404 g/mol. The molecule has 2 aromatic rings. The minimum absolute atomic E-state index is 0.149. The lowest BCUT2D eigenvalue weighted by Crippen LogP contribution is -2.52. The molecule has 0 radical (unpaired) electrons. The molecule has 1 atom stereocenters. The number of amides is 3. The number of carbonyl (C=O) groups excluding carboxylic acids is 3. The van der Waals surface area contributed by atoms with Gasteiger partial charge in [0.05, 0.1) is 0 Å². The van der Waals surface area contributed by atoms with Gasteiger partial charge < -0.3 is 16.0 Å². The molecule has 3 aliphatic rings. The molecule has 2 aromatic carbocycles. The molecule has 0 bridgehead atoms. The van der Waals surface area contributed by atoms with Gasteiger partial charge in [-0.15, -0.1) is 0 Å². The summed E-state index contributed by atoms with van der Waals surface area (Å²) >= 11 is 0. The Labute approximate surface area is 174 Å². The Kier molecular flexibility index (Phi) is 4.36. The van der Waals surface area contributed by atoms with Crippen molar-refractivity contribution in [1.82, 2.24) is 10.2 Å². The number of anilines is 1. The van der Waals surface area contributed by atoms with Crippen LogP contribution >= 0.6 is 0 Å². The Morgan fingerprint density at radius 3 is 2.70 bits per heavy atom. The number of hydrogen-bond donors (Lipinski definition) is 3. The summed E-state index contributed by atoms with van der Waals surface area (Å²) in [7, 11) is 0. The number of nitrogens with two attached hydrogens (primary N) is 1. The third kappa shape index (κ3) is 3.25. The maximum Gasteiger partial charge on any atom is 0.255 e. The van der Waals surface area contributed by atoms with E-state index < -0.39 is 6.04 Å². The number of carbonyl (C=O) groups is 3. The summed E-state index contributed by atoms with van der Waals surface area (Å²) in [6.07, 6.45) is 2.64. The number of piperidine rings is 1. The molecule has 3 amide bonds. The molecule has 30 heavy (non-hydrogen) atoms. The van der Waals surface area contributed by atoms with Gasteiger partial charge in [0.2, 0.25) is 11.8 Å². The van der Waals surface area contributed by atoms with Crippen molar-refractivity contribution in [1.29, 1.82) is 0 Å². The SMILES string of the molecule is NC1(c2cccc(NCc3cccc4c3C(=O)N(C3CCC(=O)NC3=O)C4)c2)CC1. The Morgan fingerprint density at radius 1 is 1.13 bits per heavy atom. The van der Waals surface area contributed by atoms with Gasteiger partial charge in [-0.2, -0.15) is 0 Å². The molecule has 1 saturated carbocycles. The van der Waals surface area contributed by atoms with Gasteiger partial charge in [-0.1, -0.05) is 30.3 Å².